The fourth-order valence-electron chi connectivity index (χ4n) is 6.62. The number of fused-ring (bicyclic) bond motifs is 1. The van der Waals surface area contributed by atoms with E-state index in [1.54, 1.807) is 28.4 Å². The molecule has 0 spiro atoms. The molecule has 0 N–H and O–H groups in total. The van der Waals surface area contributed by atoms with Crippen LogP contribution < -0.4 is 24.3 Å². The first kappa shape index (κ1) is 26.2. The lowest BCUT2D eigenvalue weighted by atomic mass is 9.97. The molecule has 0 radical (unpaired) electrons. The molecular formula is C32H41O4P. The molecule has 2 fully saturated rings. The van der Waals surface area contributed by atoms with Crippen LogP contribution in [0.1, 0.15) is 64.2 Å². The van der Waals surface area contributed by atoms with Crippen molar-refractivity contribution in [2.24, 2.45) is 0 Å². The minimum atomic E-state index is -0.400. The number of hydrogen-bond donors (Lipinski definition) is 0. The summed E-state index contributed by atoms with van der Waals surface area (Å²) in [6, 6.07) is 15.1. The van der Waals surface area contributed by atoms with E-state index < -0.39 is 7.92 Å². The molecule has 0 amide bonds. The van der Waals surface area contributed by atoms with E-state index in [4.69, 9.17) is 18.9 Å². The first-order chi connectivity index (χ1) is 18.2. The van der Waals surface area contributed by atoms with Gasteiger partial charge in [0.1, 0.15) is 23.0 Å². The van der Waals surface area contributed by atoms with Crippen molar-refractivity contribution < 1.29 is 18.9 Å². The van der Waals surface area contributed by atoms with Gasteiger partial charge in [-0.1, -0.05) is 70.7 Å². The molecule has 3 aromatic rings. The quantitative estimate of drug-likeness (QED) is 0.280. The van der Waals surface area contributed by atoms with E-state index in [1.807, 2.05) is 12.1 Å². The molecule has 0 bridgehead atoms. The lowest BCUT2D eigenvalue weighted by Crippen LogP contribution is -2.27. The molecule has 0 aliphatic heterocycles. The number of hydrogen-bond acceptors (Lipinski definition) is 4. The van der Waals surface area contributed by atoms with Crippen molar-refractivity contribution in [2.75, 3.05) is 28.4 Å². The molecule has 0 saturated heterocycles. The predicted molar refractivity (Wildman–Crippen MR) is 156 cm³/mol. The topological polar surface area (TPSA) is 36.9 Å². The molecule has 3 aromatic carbocycles. The lowest BCUT2D eigenvalue weighted by Gasteiger charge is -2.40. The highest BCUT2D eigenvalue weighted by molar-refractivity contribution is 7.67. The zero-order chi connectivity index (χ0) is 25.8. The van der Waals surface area contributed by atoms with Crippen molar-refractivity contribution in [1.82, 2.24) is 0 Å². The van der Waals surface area contributed by atoms with Crippen molar-refractivity contribution in [3.05, 3.63) is 42.5 Å². The maximum absolute atomic E-state index is 6.30. The van der Waals surface area contributed by atoms with Gasteiger partial charge in [-0.2, -0.15) is 0 Å². The van der Waals surface area contributed by atoms with Gasteiger partial charge in [-0.3, -0.25) is 0 Å². The van der Waals surface area contributed by atoms with E-state index in [9.17, 15) is 0 Å². The first-order valence-electron chi connectivity index (χ1n) is 13.9. The third-order valence-corrected chi connectivity index (χ3v) is 11.9. The van der Waals surface area contributed by atoms with Gasteiger partial charge < -0.3 is 18.9 Å². The number of ether oxygens (including phenoxy) is 4. The summed E-state index contributed by atoms with van der Waals surface area (Å²) in [6.45, 7) is 0. The normalized spacial score (nSPS) is 17.2. The Morgan fingerprint density at radius 1 is 0.622 bits per heavy atom. The summed E-state index contributed by atoms with van der Waals surface area (Å²) in [6.07, 6.45) is 13.5. The minimum Gasteiger partial charge on any atom is -0.496 e. The Morgan fingerprint density at radius 3 is 1.70 bits per heavy atom. The van der Waals surface area contributed by atoms with Crippen LogP contribution in [0.5, 0.6) is 23.0 Å². The summed E-state index contributed by atoms with van der Waals surface area (Å²) in [5, 5.41) is 3.85. The van der Waals surface area contributed by atoms with Crippen molar-refractivity contribution in [1.29, 1.82) is 0 Å². The van der Waals surface area contributed by atoms with Crippen LogP contribution in [0.2, 0.25) is 0 Å². The second-order valence-corrected chi connectivity index (χ2v) is 13.2. The van der Waals surface area contributed by atoms with Crippen LogP contribution in [0.3, 0.4) is 0 Å². The molecule has 0 heterocycles. The molecule has 0 aromatic heterocycles. The molecule has 5 rings (SSSR count). The molecule has 5 heteroatoms. The van der Waals surface area contributed by atoms with Crippen LogP contribution in [0, 0.1) is 0 Å². The molecule has 2 aliphatic carbocycles. The highest BCUT2D eigenvalue weighted by Gasteiger charge is 2.36. The largest absolute Gasteiger partial charge is 0.496 e. The Hall–Kier alpha value is -2.45. The van der Waals surface area contributed by atoms with E-state index in [0.717, 1.165) is 50.8 Å². The second-order valence-electron chi connectivity index (χ2n) is 10.4. The molecule has 2 saturated carbocycles. The first-order valence-corrected chi connectivity index (χ1v) is 15.4. The van der Waals surface area contributed by atoms with E-state index >= 15 is 0 Å². The van der Waals surface area contributed by atoms with Gasteiger partial charge in [0, 0.05) is 23.1 Å². The van der Waals surface area contributed by atoms with E-state index in [0.29, 0.717) is 0 Å². The van der Waals surface area contributed by atoms with Crippen LogP contribution in [0.4, 0.5) is 0 Å². The van der Waals surface area contributed by atoms with Gasteiger partial charge in [0.2, 0.25) is 0 Å². The third-order valence-electron chi connectivity index (χ3n) is 8.36. The number of benzene rings is 3. The smallest absolute Gasteiger partial charge is 0.135 e. The van der Waals surface area contributed by atoms with Crippen molar-refractivity contribution in [3.63, 3.8) is 0 Å². The summed E-state index contributed by atoms with van der Waals surface area (Å²) in [4.78, 5) is 0. The molecular weight excluding hydrogens is 479 g/mol. The fourth-order valence-corrected chi connectivity index (χ4v) is 10.6. The van der Waals surface area contributed by atoms with E-state index in [2.05, 4.69) is 30.3 Å². The Labute approximate surface area is 223 Å². The standard InChI is InChI=1S/C32H41O4P/c1-33-23-20-27(34-2)30(28(21-23)35-3)31-29(19-22-13-11-12-18-26(22)32(31)36-4)37(24-14-7-5-8-15-24)25-16-9-6-10-17-25/h11-13,18-21,24-25H,5-10,14-17H2,1-4H3. The Balaban J connectivity index is 1.84. The molecule has 198 valence electrons. The van der Waals surface area contributed by atoms with Crippen LogP contribution >= 0.6 is 7.92 Å². The minimum absolute atomic E-state index is 0.400. The lowest BCUT2D eigenvalue weighted by molar-refractivity contribution is 0.376. The monoisotopic (exact) mass is 520 g/mol. The average Bonchev–Trinajstić information content (AvgIpc) is 2.97. The highest BCUT2D eigenvalue weighted by Crippen LogP contribution is 2.59. The summed E-state index contributed by atoms with van der Waals surface area (Å²) < 4.78 is 23.9. The van der Waals surface area contributed by atoms with Gasteiger partial charge in [0.05, 0.1) is 34.0 Å². The SMILES string of the molecule is COc1cc(OC)c(-c2c(P(C3CCCCC3)C3CCCCC3)cc3ccccc3c2OC)c(OC)c1. The van der Waals surface area contributed by atoms with Gasteiger partial charge in [-0.15, -0.1) is 0 Å². The maximum Gasteiger partial charge on any atom is 0.135 e. The Bertz CT molecular complexity index is 1170. The third kappa shape index (κ3) is 5.15. The van der Waals surface area contributed by atoms with Crippen LogP contribution in [-0.4, -0.2) is 39.8 Å². The zero-order valence-electron chi connectivity index (χ0n) is 22.8. The van der Waals surface area contributed by atoms with Gasteiger partial charge >= 0.3 is 0 Å². The van der Waals surface area contributed by atoms with Crippen molar-refractivity contribution in [3.8, 4) is 34.1 Å². The Kier molecular flexibility index (Phi) is 8.45. The number of methoxy groups -OCH3 is 4. The summed E-state index contributed by atoms with van der Waals surface area (Å²) >= 11 is 0. The predicted octanol–water partition coefficient (Wildman–Crippen LogP) is 8.31. The van der Waals surface area contributed by atoms with Gasteiger partial charge in [-0.25, -0.2) is 0 Å². The molecule has 4 nitrogen and oxygen atoms in total. The molecule has 2 aliphatic rings. The van der Waals surface area contributed by atoms with E-state index in [-0.39, 0.29) is 0 Å². The van der Waals surface area contributed by atoms with Crippen LogP contribution in [-0.2, 0) is 0 Å². The van der Waals surface area contributed by atoms with Crippen LogP contribution in [0.25, 0.3) is 21.9 Å². The highest BCUT2D eigenvalue weighted by atomic mass is 31.1. The summed E-state index contributed by atoms with van der Waals surface area (Å²) in [7, 11) is 6.55. The van der Waals surface area contributed by atoms with Crippen molar-refractivity contribution in [2.45, 2.75) is 75.5 Å². The number of rotatable bonds is 8. The summed E-state index contributed by atoms with van der Waals surface area (Å²) in [5.74, 6) is 3.16. The van der Waals surface area contributed by atoms with E-state index in [1.165, 1.54) is 74.9 Å². The van der Waals surface area contributed by atoms with Gasteiger partial charge in [0.15, 0.2) is 0 Å². The maximum atomic E-state index is 6.30. The molecule has 0 unspecified atom stereocenters. The molecule has 37 heavy (non-hydrogen) atoms. The van der Waals surface area contributed by atoms with Crippen molar-refractivity contribution >= 4 is 24.0 Å². The second kappa shape index (κ2) is 11.9. The average molecular weight is 521 g/mol. The van der Waals surface area contributed by atoms with Crippen LogP contribution in [0.15, 0.2) is 42.5 Å². The summed E-state index contributed by atoms with van der Waals surface area (Å²) in [5.41, 5.74) is 3.64. The molecule has 0 atom stereocenters. The van der Waals surface area contributed by atoms with Gasteiger partial charge in [-0.05, 0) is 53.8 Å². The zero-order valence-corrected chi connectivity index (χ0v) is 23.7. The van der Waals surface area contributed by atoms with Gasteiger partial charge in [0.25, 0.3) is 0 Å². The Morgan fingerprint density at radius 2 is 1.19 bits per heavy atom. The fraction of sp³-hybridized carbons (Fsp3) is 0.500.